The van der Waals surface area contributed by atoms with Gasteiger partial charge in [0, 0.05) is 5.02 Å². The zero-order chi connectivity index (χ0) is 8.69. The lowest BCUT2D eigenvalue weighted by molar-refractivity contribution is 1.71. The second-order valence-electron chi connectivity index (χ2n) is 1.54. The molecule has 0 saturated carbocycles. The zero-order valence-electron chi connectivity index (χ0n) is 5.48. The molecule has 0 radical (unpaired) electrons. The van der Waals surface area contributed by atoms with Crippen LogP contribution in [-0.4, -0.2) is 4.30 Å². The Hall–Kier alpha value is 0.380. The quantitative estimate of drug-likeness (QED) is 0.584. The summed E-state index contributed by atoms with van der Waals surface area (Å²) in [6.45, 7) is 0. The standard InChI is InChI=1S/C6H5Cl.CHCl3/c7-6-4-2-1-3-5-6;2-1(3)4/h1-5H;1H. The van der Waals surface area contributed by atoms with E-state index in [0.29, 0.717) is 0 Å². The van der Waals surface area contributed by atoms with Gasteiger partial charge in [0.05, 0.1) is 0 Å². The van der Waals surface area contributed by atoms with Gasteiger partial charge in [0.25, 0.3) is 0 Å². The van der Waals surface area contributed by atoms with E-state index in [4.69, 9.17) is 46.4 Å². The van der Waals surface area contributed by atoms with E-state index in [1.165, 1.54) is 0 Å². The lowest BCUT2D eigenvalue weighted by atomic mass is 10.4. The van der Waals surface area contributed by atoms with Crippen molar-refractivity contribution in [2.75, 3.05) is 0 Å². The topological polar surface area (TPSA) is 0 Å². The molecule has 0 amide bonds. The van der Waals surface area contributed by atoms with Gasteiger partial charge < -0.3 is 0 Å². The van der Waals surface area contributed by atoms with E-state index in [9.17, 15) is 0 Å². The molecule has 1 aromatic rings. The van der Waals surface area contributed by atoms with Crippen LogP contribution >= 0.6 is 46.4 Å². The summed E-state index contributed by atoms with van der Waals surface area (Å²) >= 11 is 20.0. The highest BCUT2D eigenvalue weighted by molar-refractivity contribution is 6.63. The van der Waals surface area contributed by atoms with Crippen LogP contribution in [0, 0.1) is 0 Å². The van der Waals surface area contributed by atoms with Crippen LogP contribution in [0.15, 0.2) is 30.3 Å². The van der Waals surface area contributed by atoms with Gasteiger partial charge in [-0.2, -0.15) is 0 Å². The van der Waals surface area contributed by atoms with Crippen molar-refractivity contribution < 1.29 is 0 Å². The van der Waals surface area contributed by atoms with Gasteiger partial charge >= 0.3 is 0 Å². The normalized spacial score (nSPS) is 8.82. The Bertz CT molecular complexity index is 170. The van der Waals surface area contributed by atoms with Crippen LogP contribution in [0.1, 0.15) is 0 Å². The summed E-state index contributed by atoms with van der Waals surface area (Å²) in [5.41, 5.74) is 0. The van der Waals surface area contributed by atoms with Crippen LogP contribution in [0.5, 0.6) is 0 Å². The molecule has 0 atom stereocenters. The van der Waals surface area contributed by atoms with Crippen LogP contribution in [0.2, 0.25) is 5.02 Å². The van der Waals surface area contributed by atoms with Crippen LogP contribution in [0.25, 0.3) is 0 Å². The molecule has 0 aliphatic carbocycles. The van der Waals surface area contributed by atoms with Gasteiger partial charge in [-0.15, -0.1) is 0 Å². The summed E-state index contributed by atoms with van der Waals surface area (Å²) in [7, 11) is 0. The molecule has 0 aromatic heterocycles. The van der Waals surface area contributed by atoms with Crippen LogP contribution < -0.4 is 0 Å². The van der Waals surface area contributed by atoms with Gasteiger partial charge in [-0.3, -0.25) is 0 Å². The van der Waals surface area contributed by atoms with E-state index in [2.05, 4.69) is 0 Å². The highest BCUT2D eigenvalue weighted by Crippen LogP contribution is 2.04. The molecular formula is C7H6Cl4. The highest BCUT2D eigenvalue weighted by atomic mass is 35.6. The summed E-state index contributed by atoms with van der Waals surface area (Å²) in [5.74, 6) is 0. The third kappa shape index (κ3) is 10.4. The van der Waals surface area contributed by atoms with Gasteiger partial charge in [0.15, 0.2) is 4.30 Å². The minimum absolute atomic E-state index is 0.750. The van der Waals surface area contributed by atoms with E-state index in [1.807, 2.05) is 30.3 Å². The molecule has 0 aliphatic heterocycles. The first-order valence-corrected chi connectivity index (χ1v) is 4.44. The summed E-state index contributed by atoms with van der Waals surface area (Å²) < 4.78 is -0.750. The summed E-state index contributed by atoms with van der Waals surface area (Å²) in [5, 5.41) is 0.794. The first-order chi connectivity index (χ1) is 5.13. The molecule has 62 valence electrons. The first kappa shape index (κ1) is 11.4. The molecule has 0 aliphatic rings. The Morgan fingerprint density at radius 2 is 1.27 bits per heavy atom. The van der Waals surface area contributed by atoms with Gasteiger partial charge in [-0.05, 0) is 12.1 Å². The Kier molecular flexibility index (Phi) is 7.30. The van der Waals surface area contributed by atoms with Crippen LogP contribution in [-0.2, 0) is 0 Å². The van der Waals surface area contributed by atoms with Crippen molar-refractivity contribution in [1.82, 2.24) is 0 Å². The minimum atomic E-state index is -0.750. The smallest absolute Gasteiger partial charge is 0.0874 e. The van der Waals surface area contributed by atoms with Crippen molar-refractivity contribution in [3.8, 4) is 0 Å². The third-order valence-electron chi connectivity index (χ3n) is 0.733. The monoisotopic (exact) mass is 230 g/mol. The summed E-state index contributed by atoms with van der Waals surface area (Å²) in [6.07, 6.45) is 0. The van der Waals surface area contributed by atoms with Crippen molar-refractivity contribution in [2.45, 2.75) is 4.30 Å². The number of benzene rings is 1. The lowest BCUT2D eigenvalue weighted by Gasteiger charge is -1.80. The molecular weight excluding hydrogens is 226 g/mol. The Labute approximate surface area is 86.0 Å². The molecule has 0 nitrogen and oxygen atoms in total. The van der Waals surface area contributed by atoms with Crippen molar-refractivity contribution in [1.29, 1.82) is 0 Å². The average molecular weight is 232 g/mol. The maximum atomic E-state index is 5.54. The Morgan fingerprint density at radius 3 is 1.45 bits per heavy atom. The van der Waals surface area contributed by atoms with Crippen molar-refractivity contribution in [3.05, 3.63) is 35.4 Å². The van der Waals surface area contributed by atoms with E-state index in [-0.39, 0.29) is 0 Å². The van der Waals surface area contributed by atoms with Gasteiger partial charge in [-0.1, -0.05) is 64.6 Å². The predicted octanol–water partition coefficient (Wildman–Crippen LogP) is 4.33. The molecule has 4 heteroatoms. The second-order valence-corrected chi connectivity index (χ2v) is 3.96. The van der Waals surface area contributed by atoms with Crippen LogP contribution in [0.4, 0.5) is 0 Å². The van der Waals surface area contributed by atoms with E-state index in [1.54, 1.807) is 0 Å². The van der Waals surface area contributed by atoms with Crippen molar-refractivity contribution >= 4 is 46.4 Å². The first-order valence-electron chi connectivity index (χ1n) is 2.75. The molecule has 11 heavy (non-hydrogen) atoms. The molecule has 0 N–H and O–H groups in total. The maximum Gasteiger partial charge on any atom is 0.180 e. The predicted molar refractivity (Wildman–Crippen MR) is 52.8 cm³/mol. The largest absolute Gasteiger partial charge is 0.180 e. The number of hydrogen-bond acceptors (Lipinski definition) is 0. The van der Waals surface area contributed by atoms with Gasteiger partial charge in [-0.25, -0.2) is 0 Å². The Balaban J connectivity index is 0.000000218. The molecule has 0 fully saturated rings. The SMILES string of the molecule is ClC(Cl)Cl.Clc1ccccc1. The van der Waals surface area contributed by atoms with Gasteiger partial charge in [0.1, 0.15) is 0 Å². The Morgan fingerprint density at radius 1 is 0.909 bits per heavy atom. The van der Waals surface area contributed by atoms with Crippen LogP contribution in [0.3, 0.4) is 0 Å². The number of hydrogen-bond donors (Lipinski definition) is 0. The third-order valence-corrected chi connectivity index (χ3v) is 0.985. The average Bonchev–Trinajstić information content (AvgIpc) is 1.87. The van der Waals surface area contributed by atoms with E-state index < -0.39 is 4.30 Å². The minimum Gasteiger partial charge on any atom is -0.0874 e. The number of halogens is 4. The maximum absolute atomic E-state index is 5.54. The fraction of sp³-hybridized carbons (Fsp3) is 0.143. The van der Waals surface area contributed by atoms with Crippen molar-refractivity contribution in [2.24, 2.45) is 0 Å². The fourth-order valence-electron chi connectivity index (χ4n) is 0.415. The molecule has 0 bridgehead atoms. The zero-order valence-corrected chi connectivity index (χ0v) is 8.50. The second kappa shape index (κ2) is 7.05. The molecule has 0 spiro atoms. The van der Waals surface area contributed by atoms with E-state index >= 15 is 0 Å². The highest BCUT2D eigenvalue weighted by Gasteiger charge is 1.79. The molecule has 1 aromatic carbocycles. The summed E-state index contributed by atoms with van der Waals surface area (Å²) in [6, 6.07) is 9.44. The molecule has 0 heterocycles. The van der Waals surface area contributed by atoms with Crippen molar-refractivity contribution in [3.63, 3.8) is 0 Å². The molecule has 0 unspecified atom stereocenters. The van der Waals surface area contributed by atoms with E-state index in [0.717, 1.165) is 5.02 Å². The number of alkyl halides is 3. The fourth-order valence-corrected chi connectivity index (χ4v) is 0.560. The van der Waals surface area contributed by atoms with Gasteiger partial charge in [0.2, 0.25) is 0 Å². The molecule has 0 saturated heterocycles. The molecule has 1 rings (SSSR count). The summed E-state index contributed by atoms with van der Waals surface area (Å²) in [4.78, 5) is 0. The lowest BCUT2D eigenvalue weighted by Crippen LogP contribution is -1.55. The number of rotatable bonds is 0.